The molecule has 0 aliphatic carbocycles. The van der Waals surface area contributed by atoms with Crippen molar-refractivity contribution in [3.8, 4) is 0 Å². The van der Waals surface area contributed by atoms with Gasteiger partial charge in [-0.3, -0.25) is 19.0 Å². The van der Waals surface area contributed by atoms with Gasteiger partial charge in [0.15, 0.2) is 0 Å². The van der Waals surface area contributed by atoms with E-state index in [0.717, 1.165) is 0 Å². The molecule has 0 unspecified atom stereocenters. The predicted molar refractivity (Wildman–Crippen MR) is 86.9 cm³/mol. The van der Waals surface area contributed by atoms with Gasteiger partial charge in [-0.15, -0.1) is 0 Å². The smallest absolute Gasteiger partial charge is 0.269 e. The summed E-state index contributed by atoms with van der Waals surface area (Å²) in [7, 11) is 0. The Kier molecular flexibility index (Phi) is 5.46. The molecule has 2 rings (SSSR count). The van der Waals surface area contributed by atoms with Gasteiger partial charge in [-0.2, -0.15) is 0 Å². The third-order valence-corrected chi connectivity index (χ3v) is 3.49. The summed E-state index contributed by atoms with van der Waals surface area (Å²) in [5.74, 6) is -0.494. The Morgan fingerprint density at radius 3 is 2.70 bits per heavy atom. The first-order valence-corrected chi connectivity index (χ1v) is 7.55. The number of carbonyl (C=O) groups excluding carboxylic acids is 2. The highest BCUT2D eigenvalue weighted by atomic mass is 16.2. The van der Waals surface area contributed by atoms with Gasteiger partial charge >= 0.3 is 0 Å². The second-order valence-corrected chi connectivity index (χ2v) is 5.03. The van der Waals surface area contributed by atoms with E-state index in [0.29, 0.717) is 24.1 Å². The zero-order valence-corrected chi connectivity index (χ0v) is 13.3. The normalized spacial score (nSPS) is 10.5. The molecule has 122 valence electrons. The lowest BCUT2D eigenvalue weighted by molar-refractivity contribution is -0.136. The Bertz CT molecular complexity index is 769. The highest BCUT2D eigenvalue weighted by Gasteiger charge is 2.17. The largest absolute Gasteiger partial charge is 0.355 e. The first-order chi connectivity index (χ1) is 11.1. The van der Waals surface area contributed by atoms with E-state index in [1.165, 1.54) is 15.7 Å². The fourth-order valence-electron chi connectivity index (χ4n) is 2.32. The molecule has 0 saturated heterocycles. The summed E-state index contributed by atoms with van der Waals surface area (Å²) in [4.78, 5) is 41.7. The van der Waals surface area contributed by atoms with Crippen LogP contribution >= 0.6 is 0 Å². The lowest BCUT2D eigenvalue weighted by atomic mass is 10.3. The first-order valence-electron chi connectivity index (χ1n) is 7.55. The maximum atomic E-state index is 12.4. The molecule has 0 aliphatic heterocycles. The van der Waals surface area contributed by atoms with Gasteiger partial charge in [-0.05, 0) is 26.0 Å². The van der Waals surface area contributed by atoms with Crippen molar-refractivity contribution in [1.82, 2.24) is 19.8 Å². The molecule has 0 fully saturated rings. The number of likely N-dealkylation sites (N-methyl/N-ethyl adjacent to an activating group) is 2. The van der Waals surface area contributed by atoms with Crippen molar-refractivity contribution >= 4 is 22.8 Å². The average Bonchev–Trinajstić information content (AvgIpc) is 2.55. The SMILES string of the molecule is CCNC(=O)CN(CC)C(=O)Cn1c(=O)cnc2ccccc21. The van der Waals surface area contributed by atoms with Crippen LogP contribution in [-0.2, 0) is 16.1 Å². The average molecular weight is 316 g/mol. The van der Waals surface area contributed by atoms with Crippen molar-refractivity contribution in [2.45, 2.75) is 20.4 Å². The molecule has 7 heteroatoms. The molecule has 0 saturated carbocycles. The van der Waals surface area contributed by atoms with Crippen molar-refractivity contribution in [3.05, 3.63) is 40.8 Å². The van der Waals surface area contributed by atoms with E-state index < -0.39 is 0 Å². The minimum atomic E-state index is -0.342. The van der Waals surface area contributed by atoms with Crippen molar-refractivity contribution in [3.63, 3.8) is 0 Å². The summed E-state index contributed by atoms with van der Waals surface area (Å²) in [5.41, 5.74) is 0.903. The van der Waals surface area contributed by atoms with Crippen LogP contribution < -0.4 is 10.9 Å². The molecule has 1 aromatic heterocycles. The van der Waals surface area contributed by atoms with Crippen LogP contribution in [0.15, 0.2) is 35.3 Å². The minimum absolute atomic E-state index is 0.0130. The number of amides is 2. The Morgan fingerprint density at radius 2 is 2.00 bits per heavy atom. The fraction of sp³-hybridized carbons (Fsp3) is 0.375. The molecule has 7 nitrogen and oxygen atoms in total. The Balaban J connectivity index is 2.24. The molecule has 0 aliphatic rings. The molecule has 1 aromatic carbocycles. The number of carbonyl (C=O) groups is 2. The van der Waals surface area contributed by atoms with Gasteiger partial charge in [0.1, 0.15) is 6.54 Å². The number of rotatable bonds is 6. The highest BCUT2D eigenvalue weighted by Crippen LogP contribution is 2.08. The number of nitrogens with one attached hydrogen (secondary N) is 1. The predicted octanol–water partition coefficient (Wildman–Crippen LogP) is 0.381. The van der Waals surface area contributed by atoms with Gasteiger partial charge in [0.05, 0.1) is 23.8 Å². The number of benzene rings is 1. The Morgan fingerprint density at radius 1 is 1.26 bits per heavy atom. The van der Waals surface area contributed by atoms with Gasteiger partial charge in [-0.25, -0.2) is 4.98 Å². The molecular formula is C16H20N4O3. The van der Waals surface area contributed by atoms with Gasteiger partial charge in [-0.1, -0.05) is 12.1 Å². The summed E-state index contributed by atoms with van der Waals surface area (Å²) >= 11 is 0. The zero-order valence-electron chi connectivity index (χ0n) is 13.3. The minimum Gasteiger partial charge on any atom is -0.355 e. The van der Waals surface area contributed by atoms with Gasteiger partial charge < -0.3 is 10.2 Å². The number of hydrogen-bond donors (Lipinski definition) is 1. The van der Waals surface area contributed by atoms with Crippen molar-refractivity contribution in [1.29, 1.82) is 0 Å². The van der Waals surface area contributed by atoms with E-state index in [9.17, 15) is 14.4 Å². The van der Waals surface area contributed by atoms with Crippen LogP contribution in [0.3, 0.4) is 0 Å². The van der Waals surface area contributed by atoms with E-state index in [1.54, 1.807) is 25.1 Å². The maximum Gasteiger partial charge on any atom is 0.269 e. The van der Waals surface area contributed by atoms with Crippen molar-refractivity contribution < 1.29 is 9.59 Å². The number of para-hydroxylation sites is 2. The van der Waals surface area contributed by atoms with Crippen molar-refractivity contribution in [2.24, 2.45) is 0 Å². The van der Waals surface area contributed by atoms with E-state index in [2.05, 4.69) is 10.3 Å². The molecule has 0 bridgehead atoms. The second-order valence-electron chi connectivity index (χ2n) is 5.03. The Labute approximate surface area is 133 Å². The molecule has 23 heavy (non-hydrogen) atoms. The third kappa shape index (κ3) is 3.94. The van der Waals surface area contributed by atoms with Gasteiger partial charge in [0.2, 0.25) is 11.8 Å². The van der Waals surface area contributed by atoms with Crippen LogP contribution in [0, 0.1) is 0 Å². The molecule has 0 spiro atoms. The van der Waals surface area contributed by atoms with Crippen molar-refractivity contribution in [2.75, 3.05) is 19.6 Å². The topological polar surface area (TPSA) is 84.3 Å². The molecular weight excluding hydrogens is 296 g/mol. The van der Waals surface area contributed by atoms with E-state index in [1.807, 2.05) is 13.0 Å². The summed E-state index contributed by atoms with van der Waals surface area (Å²) < 4.78 is 1.38. The molecule has 0 radical (unpaired) electrons. The molecule has 0 atom stereocenters. The number of hydrogen-bond acceptors (Lipinski definition) is 4. The summed E-state index contributed by atoms with van der Waals surface area (Å²) in [5, 5.41) is 2.66. The quantitative estimate of drug-likeness (QED) is 0.835. The molecule has 2 aromatic rings. The first kappa shape index (κ1) is 16.7. The highest BCUT2D eigenvalue weighted by molar-refractivity contribution is 5.85. The maximum absolute atomic E-state index is 12.4. The number of aromatic nitrogens is 2. The van der Waals surface area contributed by atoms with Crippen LogP contribution in [0.1, 0.15) is 13.8 Å². The van der Waals surface area contributed by atoms with Crippen LogP contribution in [0.5, 0.6) is 0 Å². The van der Waals surface area contributed by atoms with Crippen LogP contribution in [-0.4, -0.2) is 45.9 Å². The molecule has 1 N–H and O–H groups in total. The number of fused-ring (bicyclic) bond motifs is 1. The summed E-state index contributed by atoms with van der Waals surface area (Å²) in [6.45, 7) is 4.39. The van der Waals surface area contributed by atoms with Crippen LogP contribution in [0.2, 0.25) is 0 Å². The summed E-state index contributed by atoms with van der Waals surface area (Å²) in [6.07, 6.45) is 1.20. The molecule has 1 heterocycles. The summed E-state index contributed by atoms with van der Waals surface area (Å²) in [6, 6.07) is 7.13. The van der Waals surface area contributed by atoms with Gasteiger partial charge in [0, 0.05) is 13.1 Å². The fourth-order valence-corrected chi connectivity index (χ4v) is 2.32. The molecule has 2 amide bonds. The standard InChI is InChI=1S/C16H20N4O3/c1-3-17-14(21)10-19(4-2)16(23)11-20-13-8-6-5-7-12(13)18-9-15(20)22/h5-9H,3-4,10-11H2,1-2H3,(H,17,21). The lowest BCUT2D eigenvalue weighted by Crippen LogP contribution is -2.43. The van der Waals surface area contributed by atoms with E-state index in [-0.39, 0.29) is 30.5 Å². The monoisotopic (exact) mass is 316 g/mol. The van der Waals surface area contributed by atoms with Gasteiger partial charge in [0.25, 0.3) is 5.56 Å². The lowest BCUT2D eigenvalue weighted by Gasteiger charge is -2.21. The van der Waals surface area contributed by atoms with E-state index in [4.69, 9.17) is 0 Å². The third-order valence-electron chi connectivity index (χ3n) is 3.49. The van der Waals surface area contributed by atoms with Crippen LogP contribution in [0.4, 0.5) is 0 Å². The second kappa shape index (κ2) is 7.53. The zero-order chi connectivity index (χ0) is 16.8. The number of nitrogens with zero attached hydrogens (tertiary/aromatic N) is 3. The van der Waals surface area contributed by atoms with Crippen LogP contribution in [0.25, 0.3) is 11.0 Å². The Hall–Kier alpha value is -2.70. The van der Waals surface area contributed by atoms with E-state index >= 15 is 0 Å².